The molecule has 0 aliphatic carbocycles. The Morgan fingerprint density at radius 1 is 0.679 bits per heavy atom. The molecule has 0 aliphatic heterocycles. The third kappa shape index (κ3) is 6.62. The van der Waals surface area contributed by atoms with Crippen molar-refractivity contribution >= 4 is 0 Å². The molecule has 6 heteroatoms. The van der Waals surface area contributed by atoms with Gasteiger partial charge in [-0.2, -0.15) is 0 Å². The molecule has 0 bridgehead atoms. The zero-order chi connectivity index (χ0) is 20.5. The molecule has 0 amide bonds. The maximum Gasteiger partial charge on any atom is 0.161 e. The molecule has 2 atom stereocenters. The smallest absolute Gasteiger partial charge is 0.161 e. The monoisotopic (exact) mass is 388 g/mol. The second kappa shape index (κ2) is 10.8. The molecule has 0 aromatic heterocycles. The molecular formula is C22H32N2O4. The van der Waals surface area contributed by atoms with Gasteiger partial charge in [0.2, 0.25) is 0 Å². The van der Waals surface area contributed by atoms with Crippen molar-refractivity contribution in [2.45, 2.75) is 38.8 Å². The van der Waals surface area contributed by atoms with Crippen molar-refractivity contribution in [3.05, 3.63) is 47.5 Å². The van der Waals surface area contributed by atoms with Gasteiger partial charge in [0.1, 0.15) is 13.2 Å². The normalized spacial score (nSPS) is 12.9. The fourth-order valence-electron chi connectivity index (χ4n) is 2.96. The Kier molecular flexibility index (Phi) is 8.42. The summed E-state index contributed by atoms with van der Waals surface area (Å²) in [7, 11) is 3.26. The topological polar surface area (TPSA) is 89.0 Å². The number of hydrogen-bond acceptors (Lipinski definition) is 6. The molecule has 0 saturated carbocycles. The number of nitrogens with two attached hydrogens (primary N) is 2. The van der Waals surface area contributed by atoms with E-state index in [0.717, 1.165) is 24.0 Å². The Labute approximate surface area is 167 Å². The standard InChI is InChI=1S/C22H32N2O4/c1-15(23)11-17-5-7-19(21(13-17)25-3)27-9-10-28-20-8-6-18(12-16(2)24)14-22(20)26-4/h5-8,13-16H,9-12,23-24H2,1-4H3. The lowest BCUT2D eigenvalue weighted by atomic mass is 10.1. The van der Waals surface area contributed by atoms with Gasteiger partial charge >= 0.3 is 0 Å². The van der Waals surface area contributed by atoms with Crippen molar-refractivity contribution in [3.8, 4) is 23.0 Å². The van der Waals surface area contributed by atoms with Crippen molar-refractivity contribution < 1.29 is 18.9 Å². The van der Waals surface area contributed by atoms with Gasteiger partial charge in [-0.25, -0.2) is 0 Å². The lowest BCUT2D eigenvalue weighted by Crippen LogP contribution is -2.18. The van der Waals surface area contributed by atoms with Gasteiger partial charge in [-0.05, 0) is 62.1 Å². The van der Waals surface area contributed by atoms with E-state index in [0.29, 0.717) is 36.2 Å². The molecule has 2 rings (SSSR count). The summed E-state index contributed by atoms with van der Waals surface area (Å²) in [5, 5.41) is 0. The van der Waals surface area contributed by atoms with E-state index < -0.39 is 0 Å². The first-order valence-electron chi connectivity index (χ1n) is 9.53. The van der Waals surface area contributed by atoms with Crippen molar-refractivity contribution in [1.29, 1.82) is 0 Å². The Hall–Kier alpha value is -2.44. The molecule has 0 saturated heterocycles. The minimum atomic E-state index is 0.0966. The first kappa shape index (κ1) is 21.9. The van der Waals surface area contributed by atoms with Crippen LogP contribution in [0.1, 0.15) is 25.0 Å². The second-order valence-corrected chi connectivity index (χ2v) is 7.03. The molecule has 0 heterocycles. The first-order valence-corrected chi connectivity index (χ1v) is 9.53. The molecule has 154 valence electrons. The predicted molar refractivity (Wildman–Crippen MR) is 112 cm³/mol. The molecule has 6 nitrogen and oxygen atoms in total. The van der Waals surface area contributed by atoms with Crippen molar-refractivity contribution in [3.63, 3.8) is 0 Å². The molecule has 2 aromatic carbocycles. The molecule has 0 spiro atoms. The van der Waals surface area contributed by atoms with E-state index in [4.69, 9.17) is 30.4 Å². The number of methoxy groups -OCH3 is 2. The molecule has 0 radical (unpaired) electrons. The van der Waals surface area contributed by atoms with Crippen molar-refractivity contribution in [1.82, 2.24) is 0 Å². The molecule has 2 aromatic rings. The highest BCUT2D eigenvalue weighted by atomic mass is 16.5. The summed E-state index contributed by atoms with van der Waals surface area (Å²) in [5.41, 5.74) is 14.0. The summed E-state index contributed by atoms with van der Waals surface area (Å²) in [4.78, 5) is 0. The van der Waals surface area contributed by atoms with E-state index in [1.165, 1.54) is 0 Å². The first-order chi connectivity index (χ1) is 13.4. The Morgan fingerprint density at radius 2 is 1.07 bits per heavy atom. The van der Waals surface area contributed by atoms with Crippen LogP contribution < -0.4 is 30.4 Å². The van der Waals surface area contributed by atoms with Gasteiger partial charge in [-0.1, -0.05) is 12.1 Å². The van der Waals surface area contributed by atoms with Crippen LogP contribution in [-0.2, 0) is 12.8 Å². The molecule has 4 N–H and O–H groups in total. The Bertz CT molecular complexity index is 684. The van der Waals surface area contributed by atoms with Crippen LogP contribution in [0.4, 0.5) is 0 Å². The lowest BCUT2D eigenvalue weighted by Gasteiger charge is -2.15. The maximum atomic E-state index is 5.86. The minimum absolute atomic E-state index is 0.0966. The van der Waals surface area contributed by atoms with E-state index in [9.17, 15) is 0 Å². The molecule has 2 unspecified atom stereocenters. The average Bonchev–Trinajstić information content (AvgIpc) is 2.65. The van der Waals surface area contributed by atoms with Crippen molar-refractivity contribution in [2.75, 3.05) is 27.4 Å². The zero-order valence-corrected chi connectivity index (χ0v) is 17.2. The van der Waals surface area contributed by atoms with E-state index in [1.807, 2.05) is 50.2 Å². The van der Waals surface area contributed by atoms with Crippen LogP contribution in [0.2, 0.25) is 0 Å². The molecular weight excluding hydrogens is 356 g/mol. The number of hydrogen-bond donors (Lipinski definition) is 2. The fourth-order valence-corrected chi connectivity index (χ4v) is 2.96. The molecule has 0 aliphatic rings. The van der Waals surface area contributed by atoms with Gasteiger partial charge in [0.05, 0.1) is 14.2 Å². The minimum Gasteiger partial charge on any atom is -0.493 e. The SMILES string of the molecule is COc1cc(CC(C)N)ccc1OCCOc1ccc(CC(C)N)cc1OC. The second-order valence-electron chi connectivity index (χ2n) is 7.03. The number of ether oxygens (including phenoxy) is 4. The highest BCUT2D eigenvalue weighted by molar-refractivity contribution is 5.44. The predicted octanol–water partition coefficient (Wildman–Crippen LogP) is 2.94. The van der Waals surface area contributed by atoms with E-state index in [2.05, 4.69) is 0 Å². The van der Waals surface area contributed by atoms with Gasteiger partial charge in [-0.3, -0.25) is 0 Å². The van der Waals surface area contributed by atoms with Crippen LogP contribution in [-0.4, -0.2) is 39.5 Å². The summed E-state index contributed by atoms with van der Waals surface area (Å²) in [6.45, 7) is 4.72. The van der Waals surface area contributed by atoms with E-state index >= 15 is 0 Å². The Morgan fingerprint density at radius 3 is 1.39 bits per heavy atom. The summed E-state index contributed by atoms with van der Waals surface area (Å²) in [6.07, 6.45) is 1.58. The summed E-state index contributed by atoms with van der Waals surface area (Å²) in [6, 6.07) is 11.9. The third-order valence-corrected chi connectivity index (χ3v) is 4.17. The zero-order valence-electron chi connectivity index (χ0n) is 17.2. The molecule has 0 fully saturated rings. The van der Waals surface area contributed by atoms with Gasteiger partial charge in [-0.15, -0.1) is 0 Å². The van der Waals surface area contributed by atoms with Crippen LogP contribution in [0.15, 0.2) is 36.4 Å². The molecule has 28 heavy (non-hydrogen) atoms. The quantitative estimate of drug-likeness (QED) is 0.576. The fraction of sp³-hybridized carbons (Fsp3) is 0.455. The van der Waals surface area contributed by atoms with Crippen LogP contribution in [0, 0.1) is 0 Å². The van der Waals surface area contributed by atoms with E-state index in [1.54, 1.807) is 14.2 Å². The highest BCUT2D eigenvalue weighted by Crippen LogP contribution is 2.30. The highest BCUT2D eigenvalue weighted by Gasteiger charge is 2.09. The summed E-state index contributed by atoms with van der Waals surface area (Å²) in [5.74, 6) is 2.74. The third-order valence-electron chi connectivity index (χ3n) is 4.17. The van der Waals surface area contributed by atoms with Gasteiger partial charge in [0.15, 0.2) is 23.0 Å². The average molecular weight is 389 g/mol. The van der Waals surface area contributed by atoms with E-state index in [-0.39, 0.29) is 12.1 Å². The number of benzene rings is 2. The Balaban J connectivity index is 1.92. The summed E-state index contributed by atoms with van der Waals surface area (Å²) >= 11 is 0. The summed E-state index contributed by atoms with van der Waals surface area (Å²) < 4.78 is 22.5. The van der Waals surface area contributed by atoms with Crippen LogP contribution in [0.5, 0.6) is 23.0 Å². The van der Waals surface area contributed by atoms with Crippen LogP contribution >= 0.6 is 0 Å². The maximum absolute atomic E-state index is 5.86. The largest absolute Gasteiger partial charge is 0.493 e. The van der Waals surface area contributed by atoms with Crippen molar-refractivity contribution in [2.24, 2.45) is 11.5 Å². The number of rotatable bonds is 11. The van der Waals surface area contributed by atoms with Gasteiger partial charge in [0, 0.05) is 12.1 Å². The van der Waals surface area contributed by atoms with Crippen LogP contribution in [0.25, 0.3) is 0 Å². The van der Waals surface area contributed by atoms with Crippen LogP contribution in [0.3, 0.4) is 0 Å². The van der Waals surface area contributed by atoms with Gasteiger partial charge in [0.25, 0.3) is 0 Å². The lowest BCUT2D eigenvalue weighted by molar-refractivity contribution is 0.206. The van der Waals surface area contributed by atoms with Gasteiger partial charge < -0.3 is 30.4 Å².